The summed E-state index contributed by atoms with van der Waals surface area (Å²) in [4.78, 5) is 14.7. The average Bonchev–Trinajstić information content (AvgIpc) is 2.86. The Morgan fingerprint density at radius 1 is 0.941 bits per heavy atom. The highest BCUT2D eigenvalue weighted by Crippen LogP contribution is 2.31. The molecule has 0 unspecified atom stereocenters. The number of carbonyl (C=O) groups is 1. The second-order valence-corrected chi connectivity index (χ2v) is 10.2. The van der Waals surface area contributed by atoms with E-state index in [-0.39, 0.29) is 17.1 Å². The molecule has 0 saturated carbocycles. The molecular formula is C23H28F2N4O4S. The lowest BCUT2D eigenvalue weighted by Gasteiger charge is -2.31. The van der Waals surface area contributed by atoms with E-state index in [1.807, 2.05) is 0 Å². The van der Waals surface area contributed by atoms with Crippen molar-refractivity contribution in [2.24, 2.45) is 0 Å². The molecule has 4 rings (SSSR count). The number of piperidine rings is 1. The van der Waals surface area contributed by atoms with Gasteiger partial charge in [0, 0.05) is 37.9 Å². The second-order valence-electron chi connectivity index (χ2n) is 8.27. The molecule has 0 radical (unpaired) electrons. The SMILES string of the molecule is O=C(CNc1cc(S(=O)(=O)N2CCCCC2)ccc1N1CCOCC1)Nc1ccc(F)c(F)c1. The first kappa shape index (κ1) is 24.4. The predicted octanol–water partition coefficient (Wildman–Crippen LogP) is 3.03. The van der Waals surface area contributed by atoms with Gasteiger partial charge >= 0.3 is 0 Å². The van der Waals surface area contributed by atoms with E-state index in [9.17, 15) is 22.0 Å². The molecule has 11 heteroatoms. The fourth-order valence-corrected chi connectivity index (χ4v) is 5.65. The minimum atomic E-state index is -3.66. The molecule has 34 heavy (non-hydrogen) atoms. The van der Waals surface area contributed by atoms with Crippen LogP contribution in [-0.2, 0) is 19.6 Å². The van der Waals surface area contributed by atoms with Gasteiger partial charge in [-0.25, -0.2) is 17.2 Å². The third kappa shape index (κ3) is 5.65. The molecule has 1 amide bonds. The molecular weight excluding hydrogens is 466 g/mol. The Kier molecular flexibility index (Phi) is 7.64. The van der Waals surface area contributed by atoms with Crippen LogP contribution < -0.4 is 15.5 Å². The van der Waals surface area contributed by atoms with Gasteiger partial charge in [0.1, 0.15) is 0 Å². The van der Waals surface area contributed by atoms with Crippen molar-refractivity contribution in [2.45, 2.75) is 24.2 Å². The van der Waals surface area contributed by atoms with Crippen molar-refractivity contribution in [3.05, 3.63) is 48.0 Å². The molecule has 2 aliphatic heterocycles. The molecule has 2 fully saturated rings. The maximum Gasteiger partial charge on any atom is 0.243 e. The van der Waals surface area contributed by atoms with Crippen LogP contribution in [0, 0.1) is 11.6 Å². The van der Waals surface area contributed by atoms with Gasteiger partial charge in [-0.1, -0.05) is 6.42 Å². The van der Waals surface area contributed by atoms with Crippen molar-refractivity contribution < 1.29 is 26.7 Å². The quantitative estimate of drug-likeness (QED) is 0.615. The number of ether oxygens (including phenoxy) is 1. The second kappa shape index (κ2) is 10.7. The first-order valence-corrected chi connectivity index (χ1v) is 12.7. The van der Waals surface area contributed by atoms with Crippen LogP contribution in [0.25, 0.3) is 0 Å². The van der Waals surface area contributed by atoms with Gasteiger partial charge < -0.3 is 20.3 Å². The first-order chi connectivity index (χ1) is 16.3. The monoisotopic (exact) mass is 494 g/mol. The maximum atomic E-state index is 13.4. The third-order valence-corrected chi connectivity index (χ3v) is 7.81. The molecule has 2 saturated heterocycles. The van der Waals surface area contributed by atoms with Crippen molar-refractivity contribution >= 4 is 33.0 Å². The molecule has 2 aromatic carbocycles. The number of rotatable bonds is 7. The van der Waals surface area contributed by atoms with E-state index < -0.39 is 27.6 Å². The van der Waals surface area contributed by atoms with Gasteiger partial charge in [0.15, 0.2) is 11.6 Å². The summed E-state index contributed by atoms with van der Waals surface area (Å²) in [7, 11) is -3.66. The summed E-state index contributed by atoms with van der Waals surface area (Å²) in [5.74, 6) is -2.54. The molecule has 2 N–H and O–H groups in total. The van der Waals surface area contributed by atoms with E-state index in [1.165, 1.54) is 10.4 Å². The van der Waals surface area contributed by atoms with Gasteiger partial charge in [0.25, 0.3) is 0 Å². The van der Waals surface area contributed by atoms with Crippen LogP contribution in [0.15, 0.2) is 41.3 Å². The summed E-state index contributed by atoms with van der Waals surface area (Å²) in [6.07, 6.45) is 2.68. The number of morpholine rings is 1. The van der Waals surface area contributed by atoms with E-state index in [1.54, 1.807) is 18.2 Å². The van der Waals surface area contributed by atoms with Crippen LogP contribution in [-0.4, -0.2) is 64.6 Å². The fraction of sp³-hybridized carbons (Fsp3) is 0.435. The number of anilines is 3. The predicted molar refractivity (Wildman–Crippen MR) is 126 cm³/mol. The van der Waals surface area contributed by atoms with Crippen LogP contribution in [0.4, 0.5) is 25.8 Å². The molecule has 2 aliphatic rings. The maximum absolute atomic E-state index is 13.4. The number of halogens is 2. The van der Waals surface area contributed by atoms with Crippen LogP contribution >= 0.6 is 0 Å². The molecule has 2 aromatic rings. The molecule has 184 valence electrons. The largest absolute Gasteiger partial charge is 0.378 e. The standard InChI is InChI=1S/C23H28F2N4O4S/c24-19-6-4-17(14-20(19)25)27-23(30)16-26-21-15-18(34(31,32)29-8-2-1-3-9-29)5-7-22(21)28-10-12-33-13-11-28/h4-7,14-15,26H,1-3,8-13,16H2,(H,27,30). The van der Waals surface area contributed by atoms with E-state index in [4.69, 9.17) is 4.74 Å². The first-order valence-electron chi connectivity index (χ1n) is 11.3. The zero-order valence-electron chi connectivity index (χ0n) is 18.7. The van der Waals surface area contributed by atoms with Crippen LogP contribution in [0.3, 0.4) is 0 Å². The van der Waals surface area contributed by atoms with Crippen LogP contribution in [0.2, 0.25) is 0 Å². The lowest BCUT2D eigenvalue weighted by molar-refractivity contribution is -0.114. The summed E-state index contributed by atoms with van der Waals surface area (Å²) in [5, 5.41) is 5.53. The molecule has 0 atom stereocenters. The number of sulfonamides is 1. The minimum absolute atomic E-state index is 0.125. The van der Waals surface area contributed by atoms with Gasteiger partial charge in [0.05, 0.1) is 36.0 Å². The Morgan fingerprint density at radius 2 is 1.68 bits per heavy atom. The number of amides is 1. The van der Waals surface area contributed by atoms with E-state index in [0.717, 1.165) is 37.1 Å². The number of benzene rings is 2. The number of nitrogens with zero attached hydrogens (tertiary/aromatic N) is 2. The molecule has 0 aromatic heterocycles. The molecule has 8 nitrogen and oxygen atoms in total. The van der Waals surface area contributed by atoms with Gasteiger partial charge in [-0.15, -0.1) is 0 Å². The lowest BCUT2D eigenvalue weighted by atomic mass is 10.2. The van der Waals surface area contributed by atoms with Crippen LogP contribution in [0.5, 0.6) is 0 Å². The Balaban J connectivity index is 1.54. The molecule has 0 bridgehead atoms. The van der Waals surface area contributed by atoms with Crippen molar-refractivity contribution in [2.75, 3.05) is 61.5 Å². The van der Waals surface area contributed by atoms with E-state index in [0.29, 0.717) is 45.1 Å². The van der Waals surface area contributed by atoms with Gasteiger partial charge in [-0.3, -0.25) is 4.79 Å². The zero-order valence-corrected chi connectivity index (χ0v) is 19.5. The average molecular weight is 495 g/mol. The van der Waals surface area contributed by atoms with E-state index >= 15 is 0 Å². The molecule has 0 spiro atoms. The molecule has 0 aliphatic carbocycles. The topological polar surface area (TPSA) is 91.0 Å². The number of nitrogens with one attached hydrogen (secondary N) is 2. The van der Waals surface area contributed by atoms with E-state index in [2.05, 4.69) is 15.5 Å². The van der Waals surface area contributed by atoms with Crippen LogP contribution in [0.1, 0.15) is 19.3 Å². The third-order valence-electron chi connectivity index (χ3n) is 5.92. The van der Waals surface area contributed by atoms with Gasteiger partial charge in [-0.2, -0.15) is 4.31 Å². The van der Waals surface area contributed by atoms with Gasteiger partial charge in [-0.05, 0) is 43.2 Å². The highest BCUT2D eigenvalue weighted by Gasteiger charge is 2.27. The number of hydrogen-bond acceptors (Lipinski definition) is 6. The summed E-state index contributed by atoms with van der Waals surface area (Å²) in [6, 6.07) is 8.00. The summed E-state index contributed by atoms with van der Waals surface area (Å²) in [6.45, 7) is 3.15. The summed E-state index contributed by atoms with van der Waals surface area (Å²) >= 11 is 0. The Labute approximate surface area is 197 Å². The van der Waals surface area contributed by atoms with Gasteiger partial charge in [0.2, 0.25) is 15.9 Å². The van der Waals surface area contributed by atoms with Crippen molar-refractivity contribution in [1.29, 1.82) is 0 Å². The van der Waals surface area contributed by atoms with Crippen molar-refractivity contribution in [3.8, 4) is 0 Å². The molecule has 2 heterocycles. The highest BCUT2D eigenvalue weighted by molar-refractivity contribution is 7.89. The highest BCUT2D eigenvalue weighted by atomic mass is 32.2. The number of hydrogen-bond donors (Lipinski definition) is 2. The Morgan fingerprint density at radius 3 is 2.38 bits per heavy atom. The lowest BCUT2D eigenvalue weighted by Crippen LogP contribution is -2.37. The van der Waals surface area contributed by atoms with Crippen molar-refractivity contribution in [1.82, 2.24) is 4.31 Å². The summed E-state index contributed by atoms with van der Waals surface area (Å²) < 4.78 is 59.8. The fourth-order valence-electron chi connectivity index (χ4n) is 4.11. The smallest absolute Gasteiger partial charge is 0.243 e. The minimum Gasteiger partial charge on any atom is -0.378 e. The Hall–Kier alpha value is -2.76. The Bertz CT molecular complexity index is 1130. The number of carbonyl (C=O) groups excluding carboxylic acids is 1. The van der Waals surface area contributed by atoms with Crippen molar-refractivity contribution in [3.63, 3.8) is 0 Å². The summed E-state index contributed by atoms with van der Waals surface area (Å²) in [5.41, 5.74) is 1.39. The zero-order chi connectivity index (χ0) is 24.1. The normalized spacial score (nSPS) is 17.4.